The Balaban J connectivity index is 1.54. The van der Waals surface area contributed by atoms with Crippen LogP contribution in [0.15, 0.2) is 54.9 Å². The fourth-order valence-corrected chi connectivity index (χ4v) is 3.18. The summed E-state index contributed by atoms with van der Waals surface area (Å²) in [5.41, 5.74) is 1.87. The van der Waals surface area contributed by atoms with E-state index in [1.54, 1.807) is 24.3 Å². The molecular weight excluding hydrogens is 326 g/mol. The first-order valence-electron chi connectivity index (χ1n) is 7.15. The minimum Gasteiger partial charge on any atom is -0.455 e. The summed E-state index contributed by atoms with van der Waals surface area (Å²) in [4.78, 5) is 16.9. The van der Waals surface area contributed by atoms with E-state index in [9.17, 15) is 4.79 Å². The van der Waals surface area contributed by atoms with Crippen molar-refractivity contribution in [3.63, 3.8) is 0 Å². The largest absolute Gasteiger partial charge is 0.455 e. The molecule has 7 nitrogen and oxygen atoms in total. The normalized spacial score (nSPS) is 10.8. The molecule has 0 atom stereocenters. The first-order chi connectivity index (χ1) is 11.8. The third kappa shape index (κ3) is 2.74. The van der Waals surface area contributed by atoms with Gasteiger partial charge in [-0.3, -0.25) is 0 Å². The van der Waals surface area contributed by atoms with Crippen LogP contribution < -0.4 is 0 Å². The average Bonchev–Trinajstić information content (AvgIpc) is 3.28. The van der Waals surface area contributed by atoms with Crippen molar-refractivity contribution in [2.24, 2.45) is 0 Å². The summed E-state index contributed by atoms with van der Waals surface area (Å²) in [6.07, 6.45) is 1.43. The van der Waals surface area contributed by atoms with Gasteiger partial charge in [-0.05, 0) is 34.7 Å². The Hall–Kier alpha value is -3.13. The molecule has 0 aliphatic heterocycles. The van der Waals surface area contributed by atoms with Crippen molar-refractivity contribution in [2.45, 2.75) is 6.61 Å². The summed E-state index contributed by atoms with van der Waals surface area (Å²) in [7, 11) is 0. The van der Waals surface area contributed by atoms with Crippen molar-refractivity contribution in [3.05, 3.63) is 65.4 Å². The van der Waals surface area contributed by atoms with E-state index in [0.717, 1.165) is 15.2 Å². The molecule has 0 bridgehead atoms. The second-order valence-electron chi connectivity index (χ2n) is 4.92. The van der Waals surface area contributed by atoms with Gasteiger partial charge in [0.1, 0.15) is 17.9 Å². The highest BCUT2D eigenvalue weighted by Crippen LogP contribution is 2.22. The van der Waals surface area contributed by atoms with Crippen LogP contribution in [0.1, 0.15) is 15.4 Å². The fourth-order valence-electron chi connectivity index (χ4n) is 2.30. The van der Waals surface area contributed by atoms with Crippen molar-refractivity contribution < 1.29 is 9.53 Å². The molecule has 0 N–H and O–H groups in total. The highest BCUT2D eigenvalue weighted by molar-refractivity contribution is 7.18. The molecule has 0 unspecified atom stereocenters. The van der Waals surface area contributed by atoms with E-state index in [1.165, 1.54) is 22.3 Å². The van der Waals surface area contributed by atoms with Gasteiger partial charge in [-0.15, -0.1) is 16.4 Å². The second kappa shape index (κ2) is 6.17. The molecule has 2 heterocycles. The van der Waals surface area contributed by atoms with E-state index >= 15 is 0 Å². The number of tetrazole rings is 1. The molecule has 118 valence electrons. The molecule has 0 amide bonds. The Bertz CT molecular complexity index is 964. The summed E-state index contributed by atoms with van der Waals surface area (Å²) in [6.45, 7) is 0.127. The van der Waals surface area contributed by atoms with Crippen molar-refractivity contribution in [3.8, 4) is 5.69 Å². The number of aromatic nitrogens is 5. The maximum absolute atomic E-state index is 12.4. The SMILES string of the molecule is O=C(OCc1nc2ccccc2s1)c1ccccc1-n1cnnn1. The number of carbonyl (C=O) groups excluding carboxylic acids is 1. The van der Waals surface area contributed by atoms with E-state index in [0.29, 0.717) is 11.3 Å². The minimum atomic E-state index is -0.444. The van der Waals surface area contributed by atoms with E-state index in [1.807, 2.05) is 24.3 Å². The molecule has 4 rings (SSSR count). The Morgan fingerprint density at radius 1 is 1.12 bits per heavy atom. The van der Waals surface area contributed by atoms with Gasteiger partial charge in [0.2, 0.25) is 0 Å². The lowest BCUT2D eigenvalue weighted by Gasteiger charge is -2.07. The molecule has 0 fully saturated rings. The number of hydrogen-bond donors (Lipinski definition) is 0. The van der Waals surface area contributed by atoms with Gasteiger partial charge in [0.25, 0.3) is 0 Å². The number of ether oxygens (including phenoxy) is 1. The minimum absolute atomic E-state index is 0.127. The summed E-state index contributed by atoms with van der Waals surface area (Å²) >= 11 is 1.51. The van der Waals surface area contributed by atoms with Gasteiger partial charge in [-0.1, -0.05) is 24.3 Å². The molecule has 2 aromatic heterocycles. The number of esters is 1. The molecule has 2 aromatic carbocycles. The second-order valence-corrected chi connectivity index (χ2v) is 6.04. The van der Waals surface area contributed by atoms with E-state index in [4.69, 9.17) is 4.74 Å². The Morgan fingerprint density at radius 2 is 1.96 bits per heavy atom. The van der Waals surface area contributed by atoms with Crippen molar-refractivity contribution >= 4 is 27.5 Å². The molecular formula is C16H11N5O2S. The van der Waals surface area contributed by atoms with Crippen LogP contribution in [0, 0.1) is 0 Å². The maximum atomic E-state index is 12.4. The van der Waals surface area contributed by atoms with Gasteiger partial charge >= 0.3 is 5.97 Å². The van der Waals surface area contributed by atoms with Gasteiger partial charge in [0.15, 0.2) is 0 Å². The lowest BCUT2D eigenvalue weighted by Crippen LogP contribution is -2.10. The highest BCUT2D eigenvalue weighted by atomic mass is 32.1. The lowest BCUT2D eigenvalue weighted by molar-refractivity contribution is 0.0472. The van der Waals surface area contributed by atoms with Crippen LogP contribution >= 0.6 is 11.3 Å². The van der Waals surface area contributed by atoms with Crippen LogP contribution in [0.3, 0.4) is 0 Å². The van der Waals surface area contributed by atoms with Crippen LogP contribution in [0.2, 0.25) is 0 Å². The van der Waals surface area contributed by atoms with Gasteiger partial charge < -0.3 is 4.74 Å². The first-order valence-corrected chi connectivity index (χ1v) is 7.97. The molecule has 0 saturated heterocycles. The number of para-hydroxylation sites is 2. The molecule has 0 aliphatic carbocycles. The van der Waals surface area contributed by atoms with Crippen molar-refractivity contribution in [1.29, 1.82) is 0 Å². The van der Waals surface area contributed by atoms with E-state index < -0.39 is 5.97 Å². The summed E-state index contributed by atoms with van der Waals surface area (Å²) in [6, 6.07) is 14.8. The van der Waals surface area contributed by atoms with Crippen LogP contribution in [0.5, 0.6) is 0 Å². The number of fused-ring (bicyclic) bond motifs is 1. The Morgan fingerprint density at radius 3 is 2.79 bits per heavy atom. The van der Waals surface area contributed by atoms with Crippen molar-refractivity contribution in [1.82, 2.24) is 25.2 Å². The number of benzene rings is 2. The molecule has 24 heavy (non-hydrogen) atoms. The summed E-state index contributed by atoms with van der Waals surface area (Å²) in [5.74, 6) is -0.444. The third-order valence-electron chi connectivity index (χ3n) is 3.38. The number of rotatable bonds is 4. The smallest absolute Gasteiger partial charge is 0.340 e. The topological polar surface area (TPSA) is 82.8 Å². The summed E-state index contributed by atoms with van der Waals surface area (Å²) < 4.78 is 7.90. The lowest BCUT2D eigenvalue weighted by atomic mass is 10.2. The third-order valence-corrected chi connectivity index (χ3v) is 4.39. The summed E-state index contributed by atoms with van der Waals surface area (Å²) in [5, 5.41) is 11.7. The number of nitrogens with zero attached hydrogens (tertiary/aromatic N) is 5. The van der Waals surface area contributed by atoms with Gasteiger partial charge in [-0.2, -0.15) is 4.68 Å². The molecule has 0 spiro atoms. The first kappa shape index (κ1) is 14.5. The zero-order valence-electron chi connectivity index (χ0n) is 12.4. The maximum Gasteiger partial charge on any atom is 0.340 e. The Labute approximate surface area is 140 Å². The predicted molar refractivity (Wildman–Crippen MR) is 87.9 cm³/mol. The zero-order chi connectivity index (χ0) is 16.4. The van der Waals surface area contributed by atoms with Crippen molar-refractivity contribution in [2.75, 3.05) is 0 Å². The van der Waals surface area contributed by atoms with Crippen LogP contribution in [0.25, 0.3) is 15.9 Å². The van der Waals surface area contributed by atoms with E-state index in [2.05, 4.69) is 20.5 Å². The van der Waals surface area contributed by atoms with E-state index in [-0.39, 0.29) is 6.61 Å². The van der Waals surface area contributed by atoms with Crippen LogP contribution in [0.4, 0.5) is 0 Å². The van der Waals surface area contributed by atoms with Gasteiger partial charge in [0.05, 0.1) is 21.5 Å². The number of hydrogen-bond acceptors (Lipinski definition) is 7. The van der Waals surface area contributed by atoms with Gasteiger partial charge in [-0.25, -0.2) is 9.78 Å². The number of carbonyl (C=O) groups is 1. The molecule has 0 saturated carbocycles. The molecule has 0 radical (unpaired) electrons. The molecule has 8 heteroatoms. The fraction of sp³-hybridized carbons (Fsp3) is 0.0625. The standard InChI is InChI=1S/C16H11N5O2S/c22-16(11-5-1-3-7-13(11)21-10-17-19-20-21)23-9-15-18-12-6-2-4-8-14(12)24-15/h1-8,10H,9H2. The Kier molecular flexibility index (Phi) is 3.72. The zero-order valence-corrected chi connectivity index (χ0v) is 13.2. The predicted octanol–water partition coefficient (Wildman–Crippen LogP) is 2.63. The van der Waals surface area contributed by atoms with Crippen LogP contribution in [-0.4, -0.2) is 31.2 Å². The monoisotopic (exact) mass is 337 g/mol. The average molecular weight is 337 g/mol. The van der Waals surface area contributed by atoms with Crippen LogP contribution in [-0.2, 0) is 11.3 Å². The quantitative estimate of drug-likeness (QED) is 0.532. The highest BCUT2D eigenvalue weighted by Gasteiger charge is 2.15. The van der Waals surface area contributed by atoms with Gasteiger partial charge in [0, 0.05) is 0 Å². The number of thiazole rings is 1. The molecule has 0 aliphatic rings. The molecule has 4 aromatic rings.